The second-order valence-electron chi connectivity index (χ2n) is 4.49. The number of oxazole rings is 1. The lowest BCUT2D eigenvalue weighted by molar-refractivity contribution is 0.231. The Bertz CT molecular complexity index is 552. The molecule has 0 bridgehead atoms. The maximum Gasteiger partial charge on any atom is 0.226 e. The van der Waals surface area contributed by atoms with Crippen LogP contribution in [-0.2, 0) is 6.42 Å². The molecule has 102 valence electrons. The van der Waals surface area contributed by atoms with Crippen molar-refractivity contribution in [3.05, 3.63) is 36.0 Å². The molecule has 0 aliphatic rings. The average Bonchev–Trinajstić information content (AvgIpc) is 2.80. The first kappa shape index (κ1) is 13.5. The molecule has 0 atom stereocenters. The highest BCUT2D eigenvalue weighted by Gasteiger charge is 2.11. The van der Waals surface area contributed by atoms with Gasteiger partial charge in [-0.1, -0.05) is 0 Å². The van der Waals surface area contributed by atoms with E-state index in [4.69, 9.17) is 14.9 Å². The van der Waals surface area contributed by atoms with Gasteiger partial charge in [0.05, 0.1) is 11.8 Å². The van der Waals surface area contributed by atoms with Crippen LogP contribution < -0.4 is 10.5 Å². The molecule has 2 aromatic rings. The Morgan fingerprint density at radius 2 is 2.21 bits per heavy atom. The lowest BCUT2D eigenvalue weighted by Crippen LogP contribution is -2.06. The Hall–Kier alpha value is -1.88. The van der Waals surface area contributed by atoms with Gasteiger partial charge in [0.2, 0.25) is 5.89 Å². The van der Waals surface area contributed by atoms with E-state index in [0.717, 1.165) is 5.69 Å². The standard InChI is InChI=1S/C14H17FN2O2/c1-9(2)19-13-4-3-10(7-12(13)15)14-17-11(5-6-16)8-18-14/h3-4,7-9H,5-6,16H2,1-2H3. The molecule has 2 rings (SSSR count). The minimum Gasteiger partial charge on any atom is -0.488 e. The summed E-state index contributed by atoms with van der Waals surface area (Å²) in [5.41, 5.74) is 6.79. The first-order valence-electron chi connectivity index (χ1n) is 6.21. The smallest absolute Gasteiger partial charge is 0.226 e. The molecule has 0 spiro atoms. The van der Waals surface area contributed by atoms with Gasteiger partial charge < -0.3 is 14.9 Å². The predicted molar refractivity (Wildman–Crippen MR) is 70.4 cm³/mol. The van der Waals surface area contributed by atoms with Crippen LogP contribution in [0.1, 0.15) is 19.5 Å². The van der Waals surface area contributed by atoms with E-state index in [1.165, 1.54) is 6.07 Å². The summed E-state index contributed by atoms with van der Waals surface area (Å²) >= 11 is 0. The fraction of sp³-hybridized carbons (Fsp3) is 0.357. The van der Waals surface area contributed by atoms with E-state index in [2.05, 4.69) is 4.98 Å². The van der Waals surface area contributed by atoms with Crippen molar-refractivity contribution in [3.63, 3.8) is 0 Å². The lowest BCUT2D eigenvalue weighted by Gasteiger charge is -2.10. The molecule has 19 heavy (non-hydrogen) atoms. The molecule has 1 aromatic heterocycles. The van der Waals surface area contributed by atoms with Gasteiger partial charge in [-0.15, -0.1) is 0 Å². The molecule has 2 N–H and O–H groups in total. The van der Waals surface area contributed by atoms with Crippen LogP contribution in [0.2, 0.25) is 0 Å². The summed E-state index contributed by atoms with van der Waals surface area (Å²) in [7, 11) is 0. The van der Waals surface area contributed by atoms with E-state index in [0.29, 0.717) is 24.4 Å². The van der Waals surface area contributed by atoms with Gasteiger partial charge in [-0.2, -0.15) is 0 Å². The van der Waals surface area contributed by atoms with Crippen molar-refractivity contribution in [1.82, 2.24) is 4.98 Å². The van der Waals surface area contributed by atoms with Gasteiger partial charge >= 0.3 is 0 Å². The van der Waals surface area contributed by atoms with Crippen molar-refractivity contribution in [2.24, 2.45) is 5.73 Å². The monoisotopic (exact) mass is 264 g/mol. The van der Waals surface area contributed by atoms with Crippen molar-refractivity contribution in [3.8, 4) is 17.2 Å². The third kappa shape index (κ3) is 3.32. The van der Waals surface area contributed by atoms with Crippen LogP contribution in [0.4, 0.5) is 4.39 Å². The van der Waals surface area contributed by atoms with Gasteiger partial charge in [0, 0.05) is 12.0 Å². The number of hydrogen-bond acceptors (Lipinski definition) is 4. The largest absolute Gasteiger partial charge is 0.488 e. The first-order chi connectivity index (χ1) is 9.10. The number of aromatic nitrogens is 1. The molecular formula is C14H17FN2O2. The van der Waals surface area contributed by atoms with Crippen LogP contribution in [0.25, 0.3) is 11.5 Å². The number of hydrogen-bond donors (Lipinski definition) is 1. The van der Waals surface area contributed by atoms with Crippen molar-refractivity contribution in [2.45, 2.75) is 26.4 Å². The number of ether oxygens (including phenoxy) is 1. The molecule has 0 fully saturated rings. The van der Waals surface area contributed by atoms with Crippen molar-refractivity contribution in [2.75, 3.05) is 6.54 Å². The molecule has 5 heteroatoms. The van der Waals surface area contributed by atoms with Gasteiger partial charge in [-0.3, -0.25) is 0 Å². The Labute approximate surface area is 111 Å². The molecule has 0 amide bonds. The zero-order valence-electron chi connectivity index (χ0n) is 11.0. The van der Waals surface area contributed by atoms with Crippen LogP contribution in [-0.4, -0.2) is 17.6 Å². The zero-order chi connectivity index (χ0) is 13.8. The normalized spacial score (nSPS) is 11.0. The molecule has 4 nitrogen and oxygen atoms in total. The highest BCUT2D eigenvalue weighted by Crippen LogP contribution is 2.25. The quantitative estimate of drug-likeness (QED) is 0.902. The van der Waals surface area contributed by atoms with Crippen molar-refractivity contribution >= 4 is 0 Å². The molecule has 0 aliphatic heterocycles. The summed E-state index contributed by atoms with van der Waals surface area (Å²) in [5, 5.41) is 0. The molecule has 0 saturated heterocycles. The van der Waals surface area contributed by atoms with E-state index >= 15 is 0 Å². The summed E-state index contributed by atoms with van der Waals surface area (Å²) in [5.74, 6) is 0.190. The van der Waals surface area contributed by atoms with Crippen LogP contribution in [0, 0.1) is 5.82 Å². The Morgan fingerprint density at radius 1 is 1.42 bits per heavy atom. The van der Waals surface area contributed by atoms with E-state index in [1.807, 2.05) is 13.8 Å². The van der Waals surface area contributed by atoms with Crippen LogP contribution in [0.15, 0.2) is 28.9 Å². The second-order valence-corrected chi connectivity index (χ2v) is 4.49. The van der Waals surface area contributed by atoms with Crippen LogP contribution >= 0.6 is 0 Å². The first-order valence-corrected chi connectivity index (χ1v) is 6.21. The van der Waals surface area contributed by atoms with Gasteiger partial charge in [-0.25, -0.2) is 9.37 Å². The number of benzene rings is 1. The number of rotatable bonds is 5. The van der Waals surface area contributed by atoms with Gasteiger partial charge in [-0.05, 0) is 38.6 Å². The SMILES string of the molecule is CC(C)Oc1ccc(-c2nc(CCN)co2)cc1F. The van der Waals surface area contributed by atoms with E-state index < -0.39 is 5.82 Å². The molecule has 0 aliphatic carbocycles. The predicted octanol–water partition coefficient (Wildman–Crippen LogP) is 2.77. The fourth-order valence-corrected chi connectivity index (χ4v) is 1.69. The van der Waals surface area contributed by atoms with Crippen LogP contribution in [0.5, 0.6) is 5.75 Å². The van der Waals surface area contributed by atoms with Crippen LogP contribution in [0.3, 0.4) is 0 Å². The highest BCUT2D eigenvalue weighted by atomic mass is 19.1. The van der Waals surface area contributed by atoms with Crippen molar-refractivity contribution < 1.29 is 13.5 Å². The van der Waals surface area contributed by atoms with E-state index in [1.54, 1.807) is 18.4 Å². The van der Waals surface area contributed by atoms with E-state index in [9.17, 15) is 4.39 Å². The lowest BCUT2D eigenvalue weighted by atomic mass is 10.2. The van der Waals surface area contributed by atoms with Crippen molar-refractivity contribution in [1.29, 1.82) is 0 Å². The topological polar surface area (TPSA) is 61.3 Å². The average molecular weight is 264 g/mol. The second kappa shape index (κ2) is 5.84. The zero-order valence-corrected chi connectivity index (χ0v) is 11.0. The fourth-order valence-electron chi connectivity index (χ4n) is 1.69. The van der Waals surface area contributed by atoms with Gasteiger partial charge in [0.1, 0.15) is 6.26 Å². The molecule has 0 radical (unpaired) electrons. The molecule has 0 saturated carbocycles. The Kier molecular flexibility index (Phi) is 4.16. The minimum absolute atomic E-state index is 0.0711. The Balaban J connectivity index is 2.22. The number of nitrogens with zero attached hydrogens (tertiary/aromatic N) is 1. The minimum atomic E-state index is -0.426. The van der Waals surface area contributed by atoms with E-state index in [-0.39, 0.29) is 11.9 Å². The summed E-state index contributed by atoms with van der Waals surface area (Å²) in [6.07, 6.45) is 2.11. The highest BCUT2D eigenvalue weighted by molar-refractivity contribution is 5.55. The maximum atomic E-state index is 13.8. The summed E-state index contributed by atoms with van der Waals surface area (Å²) in [6, 6.07) is 4.66. The third-order valence-electron chi connectivity index (χ3n) is 2.49. The summed E-state index contributed by atoms with van der Waals surface area (Å²) in [4.78, 5) is 4.25. The number of nitrogens with two attached hydrogens (primary N) is 1. The molecule has 1 heterocycles. The van der Waals surface area contributed by atoms with Gasteiger partial charge in [0.15, 0.2) is 11.6 Å². The Morgan fingerprint density at radius 3 is 2.84 bits per heavy atom. The molecule has 1 aromatic carbocycles. The summed E-state index contributed by atoms with van der Waals surface area (Å²) in [6.45, 7) is 4.20. The maximum absolute atomic E-state index is 13.8. The number of halogens is 1. The molecule has 0 unspecified atom stereocenters. The third-order valence-corrected chi connectivity index (χ3v) is 2.49. The molecular weight excluding hydrogens is 247 g/mol. The van der Waals surface area contributed by atoms with Gasteiger partial charge in [0.25, 0.3) is 0 Å². The summed E-state index contributed by atoms with van der Waals surface area (Å²) < 4.78 is 24.5.